The first-order valence-corrected chi connectivity index (χ1v) is 11.2. The Balaban J connectivity index is 1.29. The van der Waals surface area contributed by atoms with Gasteiger partial charge in [-0.1, -0.05) is 24.3 Å². The summed E-state index contributed by atoms with van der Waals surface area (Å²) in [5.74, 6) is 0.736. The third-order valence-corrected chi connectivity index (χ3v) is 6.08. The number of methoxy groups -OCH3 is 1. The van der Waals surface area contributed by atoms with Crippen LogP contribution in [0.2, 0.25) is 0 Å². The van der Waals surface area contributed by atoms with Crippen LogP contribution in [0.3, 0.4) is 0 Å². The number of piperazine rings is 1. The lowest BCUT2D eigenvalue weighted by atomic mass is 10.1. The molecule has 4 rings (SSSR count). The molecule has 1 aliphatic heterocycles. The zero-order chi connectivity index (χ0) is 23.2. The van der Waals surface area contributed by atoms with Gasteiger partial charge in [-0.2, -0.15) is 0 Å². The van der Waals surface area contributed by atoms with E-state index in [-0.39, 0.29) is 11.8 Å². The van der Waals surface area contributed by atoms with Crippen molar-refractivity contribution in [1.29, 1.82) is 0 Å². The first kappa shape index (κ1) is 22.4. The maximum Gasteiger partial charge on any atom is 0.255 e. The third-order valence-electron chi connectivity index (χ3n) is 6.08. The minimum atomic E-state index is -0.161. The van der Waals surface area contributed by atoms with Crippen molar-refractivity contribution in [2.75, 3.05) is 43.5 Å². The van der Waals surface area contributed by atoms with Crippen molar-refractivity contribution in [3.8, 4) is 5.75 Å². The number of nitrogens with zero attached hydrogens (tertiary/aromatic N) is 2. The summed E-state index contributed by atoms with van der Waals surface area (Å²) in [6.07, 6.45) is 0.454. The van der Waals surface area contributed by atoms with Gasteiger partial charge in [0.1, 0.15) is 5.75 Å². The molecular weight excluding hydrogens is 414 g/mol. The van der Waals surface area contributed by atoms with E-state index in [9.17, 15) is 9.59 Å². The Hall–Kier alpha value is -3.80. The molecule has 0 bridgehead atoms. The van der Waals surface area contributed by atoms with Gasteiger partial charge in [0, 0.05) is 43.1 Å². The van der Waals surface area contributed by atoms with E-state index in [2.05, 4.69) is 10.2 Å². The van der Waals surface area contributed by atoms with Gasteiger partial charge in [-0.25, -0.2) is 0 Å². The number of anilines is 2. The molecule has 170 valence electrons. The third kappa shape index (κ3) is 5.52. The number of aryl methyl sites for hydroxylation is 1. The standard InChI is InChI=1S/C27H29N3O3/c1-20-5-3-4-6-22(20)19-26(31)30-17-15-29(16-18-30)24-11-9-23(10-12-24)28-27(32)21-7-13-25(33-2)14-8-21/h3-14H,15-19H2,1-2H3,(H,28,32). The van der Waals surface area contributed by atoms with Crippen LogP contribution in [0.4, 0.5) is 11.4 Å². The maximum absolute atomic E-state index is 12.7. The van der Waals surface area contributed by atoms with E-state index in [1.807, 2.05) is 60.4 Å². The average molecular weight is 444 g/mol. The van der Waals surface area contributed by atoms with Gasteiger partial charge in [-0.3, -0.25) is 9.59 Å². The molecule has 3 aromatic carbocycles. The number of carbonyl (C=O) groups is 2. The highest BCUT2D eigenvalue weighted by Crippen LogP contribution is 2.21. The second kappa shape index (κ2) is 10.2. The van der Waals surface area contributed by atoms with Crippen molar-refractivity contribution in [1.82, 2.24) is 4.90 Å². The van der Waals surface area contributed by atoms with Crippen molar-refractivity contribution in [2.45, 2.75) is 13.3 Å². The number of hydrogen-bond donors (Lipinski definition) is 1. The normalized spacial score (nSPS) is 13.5. The van der Waals surface area contributed by atoms with E-state index >= 15 is 0 Å². The molecule has 0 aromatic heterocycles. The molecule has 1 N–H and O–H groups in total. The number of ether oxygens (including phenoxy) is 1. The summed E-state index contributed by atoms with van der Waals surface area (Å²) < 4.78 is 5.13. The van der Waals surface area contributed by atoms with Gasteiger partial charge >= 0.3 is 0 Å². The Morgan fingerprint density at radius 1 is 0.879 bits per heavy atom. The van der Waals surface area contributed by atoms with E-state index in [1.54, 1.807) is 31.4 Å². The highest BCUT2D eigenvalue weighted by atomic mass is 16.5. The number of amides is 2. The van der Waals surface area contributed by atoms with Crippen LogP contribution in [-0.4, -0.2) is 50.0 Å². The molecule has 1 heterocycles. The topological polar surface area (TPSA) is 61.9 Å². The number of nitrogens with one attached hydrogen (secondary N) is 1. The fourth-order valence-electron chi connectivity index (χ4n) is 4.00. The van der Waals surface area contributed by atoms with Crippen LogP contribution in [0.15, 0.2) is 72.8 Å². The molecule has 0 radical (unpaired) electrons. The summed E-state index contributed by atoms with van der Waals surface area (Å²) in [5.41, 5.74) is 4.65. The quantitative estimate of drug-likeness (QED) is 0.622. The molecule has 1 aliphatic rings. The lowest BCUT2D eigenvalue weighted by Gasteiger charge is -2.36. The van der Waals surface area contributed by atoms with E-state index in [4.69, 9.17) is 4.74 Å². The molecule has 3 aromatic rings. The summed E-state index contributed by atoms with van der Waals surface area (Å²) >= 11 is 0. The van der Waals surface area contributed by atoms with E-state index in [1.165, 1.54) is 0 Å². The monoisotopic (exact) mass is 443 g/mol. The molecule has 0 aliphatic carbocycles. The highest BCUT2D eigenvalue weighted by Gasteiger charge is 2.21. The zero-order valence-corrected chi connectivity index (χ0v) is 19.1. The minimum absolute atomic E-state index is 0.161. The van der Waals surface area contributed by atoms with E-state index < -0.39 is 0 Å². The van der Waals surface area contributed by atoms with Crippen LogP contribution in [0.1, 0.15) is 21.5 Å². The number of hydrogen-bond acceptors (Lipinski definition) is 4. The van der Waals surface area contributed by atoms with Gasteiger partial charge < -0.3 is 19.9 Å². The Kier molecular flexibility index (Phi) is 6.93. The van der Waals surface area contributed by atoms with Crippen molar-refractivity contribution < 1.29 is 14.3 Å². The molecule has 6 heteroatoms. The Morgan fingerprint density at radius 2 is 1.55 bits per heavy atom. The average Bonchev–Trinajstić information content (AvgIpc) is 2.86. The van der Waals surface area contributed by atoms with Crippen LogP contribution in [0, 0.1) is 6.92 Å². The van der Waals surface area contributed by atoms with Crippen molar-refractivity contribution >= 4 is 23.2 Å². The molecule has 6 nitrogen and oxygen atoms in total. The summed E-state index contributed by atoms with van der Waals surface area (Å²) in [7, 11) is 1.60. The second-order valence-electron chi connectivity index (χ2n) is 8.20. The number of benzene rings is 3. The van der Waals surface area contributed by atoms with Gasteiger partial charge in [-0.15, -0.1) is 0 Å². The lowest BCUT2D eigenvalue weighted by Crippen LogP contribution is -2.49. The Bertz CT molecular complexity index is 1100. The van der Waals surface area contributed by atoms with Gasteiger partial charge in [0.25, 0.3) is 5.91 Å². The smallest absolute Gasteiger partial charge is 0.255 e. The van der Waals surface area contributed by atoms with Crippen molar-refractivity contribution in [3.05, 3.63) is 89.5 Å². The molecule has 0 spiro atoms. The number of carbonyl (C=O) groups excluding carboxylic acids is 2. The first-order chi connectivity index (χ1) is 16.0. The van der Waals surface area contributed by atoms with Crippen LogP contribution in [-0.2, 0) is 11.2 Å². The Labute approximate surface area is 194 Å². The summed E-state index contributed by atoms with van der Waals surface area (Å²) in [4.78, 5) is 29.4. The van der Waals surface area contributed by atoms with Crippen LogP contribution in [0.25, 0.3) is 0 Å². The molecule has 1 fully saturated rings. The summed E-state index contributed by atoms with van der Waals surface area (Å²) in [6, 6.07) is 22.9. The molecular formula is C27H29N3O3. The van der Waals surface area contributed by atoms with Gasteiger partial charge in [0.2, 0.25) is 5.91 Å². The largest absolute Gasteiger partial charge is 0.497 e. The van der Waals surface area contributed by atoms with Crippen LogP contribution < -0.4 is 15.0 Å². The summed E-state index contributed by atoms with van der Waals surface area (Å²) in [6.45, 7) is 5.04. The first-order valence-electron chi connectivity index (χ1n) is 11.2. The van der Waals surface area contributed by atoms with Gasteiger partial charge in [0.15, 0.2) is 0 Å². The van der Waals surface area contributed by atoms with Crippen LogP contribution >= 0.6 is 0 Å². The second-order valence-corrected chi connectivity index (χ2v) is 8.20. The van der Waals surface area contributed by atoms with E-state index in [0.29, 0.717) is 30.8 Å². The lowest BCUT2D eigenvalue weighted by molar-refractivity contribution is -0.130. The molecule has 0 atom stereocenters. The minimum Gasteiger partial charge on any atom is -0.497 e. The Morgan fingerprint density at radius 3 is 2.18 bits per heavy atom. The summed E-state index contributed by atoms with van der Waals surface area (Å²) in [5, 5.41) is 2.92. The SMILES string of the molecule is COc1ccc(C(=O)Nc2ccc(N3CCN(C(=O)Cc4ccccc4C)CC3)cc2)cc1. The number of rotatable bonds is 6. The molecule has 1 saturated heterocycles. The maximum atomic E-state index is 12.7. The predicted octanol–water partition coefficient (Wildman–Crippen LogP) is 4.15. The highest BCUT2D eigenvalue weighted by molar-refractivity contribution is 6.04. The van der Waals surface area contributed by atoms with Crippen LogP contribution in [0.5, 0.6) is 5.75 Å². The molecule has 0 unspecified atom stereocenters. The fourth-order valence-corrected chi connectivity index (χ4v) is 4.00. The molecule has 33 heavy (non-hydrogen) atoms. The van der Waals surface area contributed by atoms with E-state index in [0.717, 1.165) is 35.6 Å². The zero-order valence-electron chi connectivity index (χ0n) is 19.1. The fraction of sp³-hybridized carbons (Fsp3) is 0.259. The molecule has 2 amide bonds. The molecule has 0 saturated carbocycles. The van der Waals surface area contributed by atoms with Crippen molar-refractivity contribution in [2.24, 2.45) is 0 Å². The van der Waals surface area contributed by atoms with Crippen molar-refractivity contribution in [3.63, 3.8) is 0 Å². The van der Waals surface area contributed by atoms with Gasteiger partial charge in [0.05, 0.1) is 13.5 Å². The van der Waals surface area contributed by atoms with Gasteiger partial charge in [-0.05, 0) is 66.6 Å². The predicted molar refractivity (Wildman–Crippen MR) is 131 cm³/mol.